The second-order valence-corrected chi connectivity index (χ2v) is 6.18. The Morgan fingerprint density at radius 3 is 2.79 bits per heavy atom. The molecular formula is C20H24N2O2. The summed E-state index contributed by atoms with van der Waals surface area (Å²) in [6.07, 6.45) is 0.756. The van der Waals surface area contributed by atoms with Gasteiger partial charge in [0.1, 0.15) is 12.4 Å². The smallest absolute Gasteiger partial charge is 0.179 e. The zero-order chi connectivity index (χ0) is 16.9. The van der Waals surface area contributed by atoms with Crippen molar-refractivity contribution in [1.82, 2.24) is 5.32 Å². The molecule has 1 unspecified atom stereocenters. The molecule has 24 heavy (non-hydrogen) atoms. The summed E-state index contributed by atoms with van der Waals surface area (Å²) in [7, 11) is 0. The van der Waals surface area contributed by atoms with Gasteiger partial charge in [0.25, 0.3) is 0 Å². The van der Waals surface area contributed by atoms with Gasteiger partial charge in [-0.3, -0.25) is 4.79 Å². The average Bonchev–Trinajstić information content (AvgIpc) is 2.63. The Morgan fingerprint density at radius 1 is 1.25 bits per heavy atom. The van der Waals surface area contributed by atoms with Gasteiger partial charge >= 0.3 is 0 Å². The van der Waals surface area contributed by atoms with Crippen LogP contribution < -0.4 is 15.4 Å². The molecule has 2 aromatic rings. The number of hydrogen-bond acceptors (Lipinski definition) is 4. The maximum Gasteiger partial charge on any atom is 0.179 e. The van der Waals surface area contributed by atoms with Crippen LogP contribution in [0.2, 0.25) is 0 Å². The fourth-order valence-electron chi connectivity index (χ4n) is 2.86. The van der Waals surface area contributed by atoms with Gasteiger partial charge in [0.05, 0.1) is 11.7 Å². The first-order chi connectivity index (χ1) is 11.7. The number of Topliss-reactive ketones (excluding diaryl/α,β-unsaturated/α-hetero) is 1. The Labute approximate surface area is 143 Å². The van der Waals surface area contributed by atoms with Crippen LogP contribution in [-0.2, 0) is 6.54 Å². The molecule has 4 nitrogen and oxygen atoms in total. The number of fused-ring (bicyclic) bond motifs is 1. The Kier molecular flexibility index (Phi) is 5.16. The highest BCUT2D eigenvalue weighted by molar-refractivity contribution is 6.01. The predicted molar refractivity (Wildman–Crippen MR) is 96.9 cm³/mol. The summed E-state index contributed by atoms with van der Waals surface area (Å²) in [5.41, 5.74) is 4.05. The third-order valence-corrected chi connectivity index (χ3v) is 4.34. The molecule has 0 saturated carbocycles. The van der Waals surface area contributed by atoms with E-state index in [4.69, 9.17) is 4.74 Å². The van der Waals surface area contributed by atoms with Crippen LogP contribution in [0.3, 0.4) is 0 Å². The first-order valence-electron chi connectivity index (χ1n) is 8.51. The van der Waals surface area contributed by atoms with E-state index in [1.54, 1.807) is 0 Å². The van der Waals surface area contributed by atoms with Gasteiger partial charge in [-0.2, -0.15) is 0 Å². The van der Waals surface area contributed by atoms with Crippen LogP contribution in [0.4, 0.5) is 5.69 Å². The predicted octanol–water partition coefficient (Wildman–Crippen LogP) is 3.55. The van der Waals surface area contributed by atoms with E-state index in [9.17, 15) is 4.79 Å². The summed E-state index contributed by atoms with van der Waals surface area (Å²) in [4.78, 5) is 12.8. The molecule has 126 valence electrons. The first kappa shape index (κ1) is 16.5. The van der Waals surface area contributed by atoms with Crippen LogP contribution in [0, 0.1) is 6.92 Å². The molecule has 2 N–H and O–H groups in total. The Bertz CT molecular complexity index is 710. The maximum absolute atomic E-state index is 12.8. The molecule has 3 rings (SSSR count). The Balaban J connectivity index is 1.68. The second kappa shape index (κ2) is 7.49. The van der Waals surface area contributed by atoms with Crippen molar-refractivity contribution in [2.75, 3.05) is 18.5 Å². The SMILES string of the molecule is CCC(NCc1ccc(C)cc1)C(=O)c1ccc2c(c1)NCCO2. The Hall–Kier alpha value is -2.33. The largest absolute Gasteiger partial charge is 0.490 e. The summed E-state index contributed by atoms with van der Waals surface area (Å²) in [5.74, 6) is 0.943. The maximum atomic E-state index is 12.8. The van der Waals surface area contributed by atoms with Crippen LogP contribution >= 0.6 is 0 Å². The summed E-state index contributed by atoms with van der Waals surface area (Å²) < 4.78 is 5.57. The lowest BCUT2D eigenvalue weighted by molar-refractivity contribution is 0.0939. The topological polar surface area (TPSA) is 50.4 Å². The van der Waals surface area contributed by atoms with Gasteiger partial charge < -0.3 is 15.4 Å². The third-order valence-electron chi connectivity index (χ3n) is 4.34. The van der Waals surface area contributed by atoms with Gasteiger partial charge in [-0.25, -0.2) is 0 Å². The number of ether oxygens (including phenoxy) is 1. The molecule has 4 heteroatoms. The Morgan fingerprint density at radius 2 is 2.04 bits per heavy atom. The van der Waals surface area contributed by atoms with E-state index in [1.807, 2.05) is 25.1 Å². The van der Waals surface area contributed by atoms with Crippen LogP contribution in [0.25, 0.3) is 0 Å². The number of carbonyl (C=O) groups excluding carboxylic acids is 1. The van der Waals surface area contributed by atoms with E-state index < -0.39 is 0 Å². The number of ketones is 1. The van der Waals surface area contributed by atoms with Gasteiger partial charge in [0, 0.05) is 18.7 Å². The number of aryl methyl sites for hydroxylation is 1. The lowest BCUT2D eigenvalue weighted by atomic mass is 10.0. The molecule has 0 saturated heterocycles. The van der Waals surface area contributed by atoms with Crippen molar-refractivity contribution in [3.8, 4) is 5.75 Å². The van der Waals surface area contributed by atoms with Gasteiger partial charge in [-0.1, -0.05) is 36.8 Å². The van der Waals surface area contributed by atoms with Crippen LogP contribution in [0.5, 0.6) is 5.75 Å². The van der Waals surface area contributed by atoms with Crippen LogP contribution in [0.1, 0.15) is 34.8 Å². The lowest BCUT2D eigenvalue weighted by Crippen LogP contribution is -2.36. The van der Waals surface area contributed by atoms with Crippen molar-refractivity contribution in [3.05, 3.63) is 59.2 Å². The summed E-state index contributed by atoms with van der Waals surface area (Å²) in [6, 6.07) is 13.8. The lowest BCUT2D eigenvalue weighted by Gasteiger charge is -2.21. The molecule has 0 amide bonds. The van der Waals surface area contributed by atoms with E-state index in [1.165, 1.54) is 11.1 Å². The van der Waals surface area contributed by atoms with Crippen LogP contribution in [0.15, 0.2) is 42.5 Å². The highest BCUT2D eigenvalue weighted by Crippen LogP contribution is 2.28. The number of anilines is 1. The fraction of sp³-hybridized carbons (Fsp3) is 0.350. The molecule has 0 aromatic heterocycles. The zero-order valence-corrected chi connectivity index (χ0v) is 14.3. The highest BCUT2D eigenvalue weighted by Gasteiger charge is 2.20. The number of rotatable bonds is 6. The molecule has 0 bridgehead atoms. The number of hydrogen-bond donors (Lipinski definition) is 2. The highest BCUT2D eigenvalue weighted by atomic mass is 16.5. The van der Waals surface area contributed by atoms with Crippen LogP contribution in [-0.4, -0.2) is 25.0 Å². The van der Waals surface area contributed by atoms with E-state index >= 15 is 0 Å². The molecule has 0 aliphatic carbocycles. The molecule has 1 heterocycles. The molecule has 0 spiro atoms. The monoisotopic (exact) mass is 324 g/mol. The number of nitrogens with one attached hydrogen (secondary N) is 2. The van der Waals surface area contributed by atoms with E-state index in [0.717, 1.165) is 30.0 Å². The minimum atomic E-state index is -0.186. The van der Waals surface area contributed by atoms with Gasteiger partial charge in [-0.05, 0) is 37.1 Å². The average molecular weight is 324 g/mol. The second-order valence-electron chi connectivity index (χ2n) is 6.18. The van der Waals surface area contributed by atoms with Gasteiger partial charge in [0.15, 0.2) is 5.78 Å². The minimum Gasteiger partial charge on any atom is -0.490 e. The zero-order valence-electron chi connectivity index (χ0n) is 14.3. The van der Waals surface area contributed by atoms with Crippen molar-refractivity contribution in [1.29, 1.82) is 0 Å². The molecular weight excluding hydrogens is 300 g/mol. The van der Waals surface area contributed by atoms with Crippen molar-refractivity contribution in [3.63, 3.8) is 0 Å². The van der Waals surface area contributed by atoms with E-state index in [-0.39, 0.29) is 11.8 Å². The van der Waals surface area contributed by atoms with E-state index in [0.29, 0.717) is 13.2 Å². The molecule has 1 atom stereocenters. The fourth-order valence-corrected chi connectivity index (χ4v) is 2.86. The summed E-state index contributed by atoms with van der Waals surface area (Å²) in [5, 5.41) is 6.66. The number of benzene rings is 2. The molecule has 1 aliphatic heterocycles. The summed E-state index contributed by atoms with van der Waals surface area (Å²) >= 11 is 0. The molecule has 2 aromatic carbocycles. The van der Waals surface area contributed by atoms with Crippen molar-refractivity contribution < 1.29 is 9.53 Å². The molecule has 0 radical (unpaired) electrons. The van der Waals surface area contributed by atoms with Crippen molar-refractivity contribution >= 4 is 11.5 Å². The van der Waals surface area contributed by atoms with Crippen molar-refractivity contribution in [2.45, 2.75) is 32.9 Å². The third kappa shape index (κ3) is 3.77. The first-order valence-corrected chi connectivity index (χ1v) is 8.51. The normalized spacial score (nSPS) is 14.2. The standard InChI is InChI=1S/C20H24N2O2/c1-3-17(22-13-15-6-4-14(2)5-7-15)20(23)16-8-9-19-18(12-16)21-10-11-24-19/h4-9,12,17,21-22H,3,10-11,13H2,1-2H3. The summed E-state index contributed by atoms with van der Waals surface area (Å²) in [6.45, 7) is 6.23. The van der Waals surface area contributed by atoms with Gasteiger partial charge in [-0.15, -0.1) is 0 Å². The van der Waals surface area contributed by atoms with E-state index in [2.05, 4.69) is 41.8 Å². The number of carbonyl (C=O) groups is 1. The van der Waals surface area contributed by atoms with Gasteiger partial charge in [0.2, 0.25) is 0 Å². The van der Waals surface area contributed by atoms with Crippen molar-refractivity contribution in [2.24, 2.45) is 0 Å². The minimum absolute atomic E-state index is 0.125. The quantitative estimate of drug-likeness (QED) is 0.798. The molecule has 0 fully saturated rings. The molecule has 1 aliphatic rings.